The van der Waals surface area contributed by atoms with E-state index in [9.17, 15) is 4.79 Å². The van der Waals surface area contributed by atoms with Crippen LogP contribution in [0.25, 0.3) is 0 Å². The molecule has 5 nitrogen and oxygen atoms in total. The molecule has 0 bridgehead atoms. The van der Waals surface area contributed by atoms with Gasteiger partial charge in [-0.1, -0.05) is 35.3 Å². The first kappa shape index (κ1) is 17.4. The molecule has 1 amide bonds. The van der Waals surface area contributed by atoms with Gasteiger partial charge in [-0.05, 0) is 31.5 Å². The molecule has 0 spiro atoms. The smallest absolute Gasteiger partial charge is 0.272 e. The number of carbonyl (C=O) groups is 1. The summed E-state index contributed by atoms with van der Waals surface area (Å²) in [5, 5.41) is 3.21. The number of nitrogens with zero attached hydrogens (tertiary/aromatic N) is 3. The molecule has 1 aromatic heterocycles. The van der Waals surface area contributed by atoms with Gasteiger partial charge in [-0.2, -0.15) is 0 Å². The van der Waals surface area contributed by atoms with Crippen molar-refractivity contribution in [3.63, 3.8) is 0 Å². The summed E-state index contributed by atoms with van der Waals surface area (Å²) in [4.78, 5) is 22.8. The summed E-state index contributed by atoms with van der Waals surface area (Å²) in [6.45, 7) is 4.62. The minimum atomic E-state index is -0.0822. The van der Waals surface area contributed by atoms with Crippen molar-refractivity contribution in [3.05, 3.63) is 46.3 Å². The maximum Gasteiger partial charge on any atom is 0.272 e. The van der Waals surface area contributed by atoms with Crippen molar-refractivity contribution >= 4 is 33.3 Å². The van der Waals surface area contributed by atoms with Gasteiger partial charge < -0.3 is 10.2 Å². The van der Waals surface area contributed by atoms with Gasteiger partial charge in [-0.3, -0.25) is 4.79 Å². The maximum absolute atomic E-state index is 12.5. The third kappa shape index (κ3) is 5.03. The quantitative estimate of drug-likeness (QED) is 0.821. The molecule has 0 radical (unpaired) electrons. The van der Waals surface area contributed by atoms with Crippen molar-refractivity contribution < 1.29 is 4.79 Å². The van der Waals surface area contributed by atoms with E-state index in [1.165, 1.54) is 0 Å². The van der Waals surface area contributed by atoms with Crippen molar-refractivity contribution in [2.45, 2.75) is 26.7 Å². The standard InChI is InChI=1S/C17H21BrN4O/c1-4-5-9-22(3)17(23)15-11-16(20-12(2)19-15)21-14-8-6-7-13(18)10-14/h6-8,10-11H,4-5,9H2,1-3H3,(H,19,20,21). The first-order valence-electron chi connectivity index (χ1n) is 7.63. The summed E-state index contributed by atoms with van der Waals surface area (Å²) < 4.78 is 0.976. The molecular formula is C17H21BrN4O. The number of rotatable bonds is 6. The first-order chi connectivity index (χ1) is 11.0. The number of aryl methyl sites for hydroxylation is 1. The zero-order chi connectivity index (χ0) is 16.8. The van der Waals surface area contributed by atoms with E-state index in [0.29, 0.717) is 17.3 Å². The van der Waals surface area contributed by atoms with Crippen LogP contribution in [-0.4, -0.2) is 34.4 Å². The largest absolute Gasteiger partial charge is 0.340 e. The van der Waals surface area contributed by atoms with E-state index in [-0.39, 0.29) is 5.91 Å². The van der Waals surface area contributed by atoms with Crippen LogP contribution in [0, 0.1) is 6.92 Å². The fourth-order valence-corrected chi connectivity index (χ4v) is 2.55. The number of hydrogen-bond acceptors (Lipinski definition) is 4. The molecule has 0 saturated carbocycles. The normalized spacial score (nSPS) is 10.4. The highest BCUT2D eigenvalue weighted by Gasteiger charge is 2.15. The lowest BCUT2D eigenvalue weighted by Gasteiger charge is -2.17. The molecular weight excluding hydrogens is 356 g/mol. The Morgan fingerprint density at radius 3 is 2.78 bits per heavy atom. The van der Waals surface area contributed by atoms with Crippen LogP contribution in [0.1, 0.15) is 36.1 Å². The third-order valence-electron chi connectivity index (χ3n) is 3.35. The molecule has 1 aromatic carbocycles. The Morgan fingerprint density at radius 1 is 1.30 bits per heavy atom. The monoisotopic (exact) mass is 376 g/mol. The molecule has 0 aliphatic rings. The summed E-state index contributed by atoms with van der Waals surface area (Å²) in [5.74, 6) is 1.10. The lowest BCUT2D eigenvalue weighted by Crippen LogP contribution is -2.28. The maximum atomic E-state index is 12.5. The highest BCUT2D eigenvalue weighted by molar-refractivity contribution is 9.10. The number of nitrogens with one attached hydrogen (secondary N) is 1. The van der Waals surface area contributed by atoms with E-state index in [1.807, 2.05) is 24.3 Å². The van der Waals surface area contributed by atoms with E-state index >= 15 is 0 Å². The predicted molar refractivity (Wildman–Crippen MR) is 96.1 cm³/mol. The van der Waals surface area contributed by atoms with Crippen LogP contribution in [0.3, 0.4) is 0 Å². The molecule has 0 saturated heterocycles. The molecule has 2 aromatic rings. The molecule has 0 fully saturated rings. The Hall–Kier alpha value is -1.95. The van der Waals surface area contributed by atoms with Gasteiger partial charge in [-0.25, -0.2) is 9.97 Å². The summed E-state index contributed by atoms with van der Waals surface area (Å²) in [6.07, 6.45) is 2.03. The van der Waals surface area contributed by atoms with Crippen molar-refractivity contribution in [2.75, 3.05) is 18.9 Å². The number of hydrogen-bond donors (Lipinski definition) is 1. The van der Waals surface area contributed by atoms with Gasteiger partial charge in [0.25, 0.3) is 5.91 Å². The van der Waals surface area contributed by atoms with Crippen molar-refractivity contribution in [1.82, 2.24) is 14.9 Å². The fourth-order valence-electron chi connectivity index (χ4n) is 2.15. The van der Waals surface area contributed by atoms with Crippen LogP contribution >= 0.6 is 15.9 Å². The minimum absolute atomic E-state index is 0.0822. The van der Waals surface area contributed by atoms with Crippen molar-refractivity contribution in [3.8, 4) is 0 Å². The predicted octanol–water partition coefficient (Wildman–Crippen LogP) is 4.16. The Balaban J connectivity index is 2.20. The van der Waals surface area contributed by atoms with E-state index < -0.39 is 0 Å². The second-order valence-electron chi connectivity index (χ2n) is 5.40. The van der Waals surface area contributed by atoms with Gasteiger partial charge in [-0.15, -0.1) is 0 Å². The van der Waals surface area contributed by atoms with E-state index in [0.717, 1.165) is 29.5 Å². The van der Waals surface area contributed by atoms with Gasteiger partial charge in [0, 0.05) is 29.8 Å². The van der Waals surface area contributed by atoms with E-state index in [4.69, 9.17) is 0 Å². The number of benzene rings is 1. The van der Waals surface area contributed by atoms with E-state index in [2.05, 4.69) is 38.1 Å². The lowest BCUT2D eigenvalue weighted by molar-refractivity contribution is 0.0787. The fraction of sp³-hybridized carbons (Fsp3) is 0.353. The average molecular weight is 377 g/mol. The SMILES string of the molecule is CCCCN(C)C(=O)c1cc(Nc2cccc(Br)c2)nc(C)n1. The lowest BCUT2D eigenvalue weighted by atomic mass is 10.2. The van der Waals surface area contributed by atoms with E-state index in [1.54, 1.807) is 24.9 Å². The molecule has 0 aliphatic carbocycles. The number of anilines is 2. The van der Waals surface area contributed by atoms with Crippen LogP contribution in [-0.2, 0) is 0 Å². The van der Waals surface area contributed by atoms with Gasteiger partial charge >= 0.3 is 0 Å². The number of carbonyl (C=O) groups excluding carboxylic acids is 1. The zero-order valence-electron chi connectivity index (χ0n) is 13.6. The van der Waals surface area contributed by atoms with Gasteiger partial charge in [0.05, 0.1) is 0 Å². The molecule has 0 aliphatic heterocycles. The summed E-state index contributed by atoms with van der Waals surface area (Å²) >= 11 is 3.44. The highest BCUT2D eigenvalue weighted by atomic mass is 79.9. The highest BCUT2D eigenvalue weighted by Crippen LogP contribution is 2.20. The summed E-state index contributed by atoms with van der Waals surface area (Å²) in [5.41, 5.74) is 1.31. The molecule has 1 N–H and O–H groups in total. The van der Waals surface area contributed by atoms with Crippen LogP contribution in [0.4, 0.5) is 11.5 Å². The Morgan fingerprint density at radius 2 is 2.09 bits per heavy atom. The Kier molecular flexibility index (Phi) is 6.10. The summed E-state index contributed by atoms with van der Waals surface area (Å²) in [6, 6.07) is 9.47. The molecule has 2 rings (SSSR count). The number of unbranched alkanes of at least 4 members (excludes halogenated alkanes) is 1. The minimum Gasteiger partial charge on any atom is -0.340 e. The average Bonchev–Trinajstić information content (AvgIpc) is 2.51. The molecule has 6 heteroatoms. The first-order valence-corrected chi connectivity index (χ1v) is 8.42. The molecule has 0 unspecified atom stereocenters. The number of halogens is 1. The molecule has 1 heterocycles. The zero-order valence-corrected chi connectivity index (χ0v) is 15.2. The van der Waals surface area contributed by atoms with Crippen LogP contribution in [0.5, 0.6) is 0 Å². The topological polar surface area (TPSA) is 58.1 Å². The van der Waals surface area contributed by atoms with Gasteiger partial charge in [0.1, 0.15) is 17.3 Å². The Labute approximate surface area is 145 Å². The Bertz CT molecular complexity index is 690. The van der Waals surface area contributed by atoms with Crippen LogP contribution in [0.2, 0.25) is 0 Å². The van der Waals surface area contributed by atoms with Crippen molar-refractivity contribution in [1.29, 1.82) is 0 Å². The summed E-state index contributed by atoms with van der Waals surface area (Å²) in [7, 11) is 1.80. The van der Waals surface area contributed by atoms with Crippen LogP contribution in [0.15, 0.2) is 34.8 Å². The molecule has 122 valence electrons. The second-order valence-corrected chi connectivity index (χ2v) is 6.32. The van der Waals surface area contributed by atoms with Crippen LogP contribution < -0.4 is 5.32 Å². The van der Waals surface area contributed by atoms with Crippen molar-refractivity contribution in [2.24, 2.45) is 0 Å². The van der Waals surface area contributed by atoms with Gasteiger partial charge in [0.15, 0.2) is 0 Å². The molecule has 0 atom stereocenters. The third-order valence-corrected chi connectivity index (χ3v) is 3.84. The second kappa shape index (κ2) is 8.06. The van der Waals surface area contributed by atoms with Gasteiger partial charge in [0.2, 0.25) is 0 Å². The molecule has 23 heavy (non-hydrogen) atoms. The number of amides is 1. The number of aromatic nitrogens is 2.